The van der Waals surface area contributed by atoms with E-state index >= 15 is 0 Å². The number of nitrogens with zero attached hydrogens (tertiary/aromatic N) is 3. The molecule has 0 spiro atoms. The molecule has 0 atom stereocenters. The number of nitrogens with one attached hydrogen (secondary N) is 3. The Bertz CT molecular complexity index is 1220. The van der Waals surface area contributed by atoms with Crippen LogP contribution in [0.2, 0.25) is 0 Å². The largest absolute Gasteiger partial charge is 0.494 e. The molecule has 0 saturated carbocycles. The molecular formula is C23H30N6O4S. The van der Waals surface area contributed by atoms with Crippen molar-refractivity contribution < 1.29 is 17.9 Å². The summed E-state index contributed by atoms with van der Waals surface area (Å²) in [5.74, 6) is 3.13. The minimum atomic E-state index is -3.82. The number of rotatable bonds is 12. The van der Waals surface area contributed by atoms with Crippen molar-refractivity contribution >= 4 is 27.5 Å². The minimum Gasteiger partial charge on any atom is -0.494 e. The molecule has 1 aromatic carbocycles. The summed E-state index contributed by atoms with van der Waals surface area (Å²) >= 11 is 0. The van der Waals surface area contributed by atoms with E-state index in [9.17, 15) is 8.42 Å². The Kier molecular flexibility index (Phi) is 8.61. The van der Waals surface area contributed by atoms with Gasteiger partial charge < -0.3 is 20.1 Å². The highest BCUT2D eigenvalue weighted by Crippen LogP contribution is 2.28. The molecule has 0 aliphatic rings. The Morgan fingerprint density at radius 3 is 2.38 bits per heavy atom. The fourth-order valence-corrected chi connectivity index (χ4v) is 4.33. The molecule has 11 heteroatoms. The average Bonchev–Trinajstić information content (AvgIpc) is 2.78. The highest BCUT2D eigenvalue weighted by atomic mass is 32.2. The topological polar surface area (TPSA) is 127 Å². The Morgan fingerprint density at radius 1 is 0.882 bits per heavy atom. The lowest BCUT2D eigenvalue weighted by molar-refractivity contribution is 0.322. The number of aryl methyl sites for hydroxylation is 2. The second-order valence-electron chi connectivity index (χ2n) is 7.33. The van der Waals surface area contributed by atoms with Gasteiger partial charge in [-0.15, -0.1) is 0 Å². The van der Waals surface area contributed by atoms with Crippen LogP contribution in [0.1, 0.15) is 25.2 Å². The summed E-state index contributed by atoms with van der Waals surface area (Å²) in [6, 6.07) is 10.3. The van der Waals surface area contributed by atoms with Crippen LogP contribution in [0, 0.1) is 13.8 Å². The van der Waals surface area contributed by atoms with E-state index in [0.717, 1.165) is 5.56 Å². The van der Waals surface area contributed by atoms with Crippen LogP contribution in [-0.2, 0) is 10.0 Å². The zero-order valence-corrected chi connectivity index (χ0v) is 20.6. The third-order valence-corrected chi connectivity index (χ3v) is 6.03. The molecule has 3 aromatic rings. The summed E-state index contributed by atoms with van der Waals surface area (Å²) in [5.41, 5.74) is 1.08. The Balaban J connectivity index is 1.63. The number of aromatic nitrogens is 3. The molecule has 3 N–H and O–H groups in total. The van der Waals surface area contributed by atoms with E-state index in [-0.39, 0.29) is 17.2 Å². The predicted molar refractivity (Wildman–Crippen MR) is 131 cm³/mol. The third kappa shape index (κ3) is 7.03. The molecule has 0 aliphatic heterocycles. The van der Waals surface area contributed by atoms with Crippen molar-refractivity contribution in [1.29, 1.82) is 0 Å². The molecule has 182 valence electrons. The SMILES string of the molecule is CCOc1ccc(OCC)c(S(=O)(=O)NCCNc2cc(Nc3cc(C)ccn3)nc(C)n2)c1. The predicted octanol–water partition coefficient (Wildman–Crippen LogP) is 3.42. The van der Waals surface area contributed by atoms with Crippen LogP contribution in [-0.4, -0.2) is 49.7 Å². The molecular weight excluding hydrogens is 456 g/mol. The fraction of sp³-hybridized carbons (Fsp3) is 0.348. The van der Waals surface area contributed by atoms with E-state index in [1.54, 1.807) is 38.2 Å². The molecule has 0 radical (unpaired) electrons. The van der Waals surface area contributed by atoms with E-state index in [1.807, 2.05) is 26.0 Å². The van der Waals surface area contributed by atoms with Crippen molar-refractivity contribution in [2.75, 3.05) is 36.9 Å². The van der Waals surface area contributed by atoms with Crippen LogP contribution in [0.25, 0.3) is 0 Å². The monoisotopic (exact) mass is 486 g/mol. The van der Waals surface area contributed by atoms with Crippen molar-refractivity contribution in [2.24, 2.45) is 0 Å². The first-order chi connectivity index (χ1) is 16.3. The van der Waals surface area contributed by atoms with E-state index in [1.165, 1.54) is 6.07 Å². The van der Waals surface area contributed by atoms with Gasteiger partial charge in [-0.1, -0.05) is 0 Å². The Labute approximate surface area is 200 Å². The lowest BCUT2D eigenvalue weighted by Gasteiger charge is -2.14. The molecule has 0 saturated heterocycles. The van der Waals surface area contributed by atoms with Crippen LogP contribution < -0.4 is 24.8 Å². The molecule has 0 amide bonds. The van der Waals surface area contributed by atoms with Crippen molar-refractivity contribution in [3.05, 3.63) is 54.0 Å². The van der Waals surface area contributed by atoms with E-state index in [2.05, 4.69) is 30.3 Å². The maximum absolute atomic E-state index is 12.9. The number of benzene rings is 1. The maximum Gasteiger partial charge on any atom is 0.244 e. The molecule has 3 rings (SSSR count). The van der Waals surface area contributed by atoms with E-state index in [4.69, 9.17) is 9.47 Å². The summed E-state index contributed by atoms with van der Waals surface area (Å²) in [6.45, 7) is 8.62. The summed E-state index contributed by atoms with van der Waals surface area (Å²) in [7, 11) is -3.82. The summed E-state index contributed by atoms with van der Waals surface area (Å²) in [6.07, 6.45) is 1.72. The van der Waals surface area contributed by atoms with Crippen molar-refractivity contribution in [2.45, 2.75) is 32.6 Å². The normalized spacial score (nSPS) is 11.2. The van der Waals surface area contributed by atoms with Gasteiger partial charge in [0.1, 0.15) is 39.7 Å². The number of sulfonamides is 1. The van der Waals surface area contributed by atoms with Crippen LogP contribution in [0.15, 0.2) is 47.5 Å². The van der Waals surface area contributed by atoms with Gasteiger partial charge in [-0.05, 0) is 57.5 Å². The third-order valence-electron chi connectivity index (χ3n) is 4.55. The van der Waals surface area contributed by atoms with Gasteiger partial charge in [0.05, 0.1) is 13.2 Å². The van der Waals surface area contributed by atoms with E-state index in [0.29, 0.717) is 48.8 Å². The number of hydrogen-bond donors (Lipinski definition) is 3. The van der Waals surface area contributed by atoms with Crippen molar-refractivity contribution in [1.82, 2.24) is 19.7 Å². The second-order valence-corrected chi connectivity index (χ2v) is 9.06. The van der Waals surface area contributed by atoms with Gasteiger partial charge in [0.15, 0.2) is 0 Å². The average molecular weight is 487 g/mol. The first kappa shape index (κ1) is 25.2. The van der Waals surface area contributed by atoms with Crippen LogP contribution in [0.5, 0.6) is 11.5 Å². The molecule has 0 fully saturated rings. The molecule has 2 heterocycles. The van der Waals surface area contributed by atoms with E-state index < -0.39 is 10.0 Å². The Morgan fingerprint density at radius 2 is 1.65 bits per heavy atom. The lowest BCUT2D eigenvalue weighted by atomic mass is 10.3. The van der Waals surface area contributed by atoms with Gasteiger partial charge in [0, 0.05) is 31.4 Å². The minimum absolute atomic E-state index is 0.0373. The quantitative estimate of drug-likeness (QED) is 0.330. The standard InChI is InChI=1S/C23H30N6O4S/c1-5-32-18-7-8-19(33-6-2)20(14-18)34(30,31)26-12-11-25-22-15-23(28-17(4)27-22)29-21-13-16(3)9-10-24-21/h7-10,13-15,26H,5-6,11-12H2,1-4H3,(H2,24,25,27,28,29). The van der Waals surface area contributed by atoms with Gasteiger partial charge in [-0.3, -0.25) is 0 Å². The van der Waals surface area contributed by atoms with Crippen LogP contribution in [0.4, 0.5) is 17.5 Å². The Hall–Kier alpha value is -3.44. The number of ether oxygens (including phenoxy) is 2. The summed E-state index contributed by atoms with van der Waals surface area (Å²) in [5, 5.41) is 6.28. The highest BCUT2D eigenvalue weighted by Gasteiger charge is 2.20. The zero-order chi connectivity index (χ0) is 24.6. The summed E-state index contributed by atoms with van der Waals surface area (Å²) < 4.78 is 39.4. The van der Waals surface area contributed by atoms with Crippen molar-refractivity contribution in [3.8, 4) is 11.5 Å². The molecule has 0 unspecified atom stereocenters. The first-order valence-electron chi connectivity index (χ1n) is 11.0. The highest BCUT2D eigenvalue weighted by molar-refractivity contribution is 7.89. The fourth-order valence-electron chi connectivity index (χ4n) is 3.14. The van der Waals surface area contributed by atoms with Gasteiger partial charge in [-0.2, -0.15) is 0 Å². The van der Waals surface area contributed by atoms with Gasteiger partial charge in [0.25, 0.3) is 0 Å². The number of pyridine rings is 1. The maximum atomic E-state index is 12.9. The van der Waals surface area contributed by atoms with Crippen LogP contribution in [0.3, 0.4) is 0 Å². The molecule has 2 aromatic heterocycles. The molecule has 0 bridgehead atoms. The van der Waals surface area contributed by atoms with Gasteiger partial charge in [-0.25, -0.2) is 28.1 Å². The number of hydrogen-bond acceptors (Lipinski definition) is 9. The van der Waals surface area contributed by atoms with Crippen molar-refractivity contribution in [3.63, 3.8) is 0 Å². The molecule has 0 aliphatic carbocycles. The lowest BCUT2D eigenvalue weighted by Crippen LogP contribution is -2.29. The van der Waals surface area contributed by atoms with Gasteiger partial charge in [0.2, 0.25) is 10.0 Å². The molecule has 34 heavy (non-hydrogen) atoms. The zero-order valence-electron chi connectivity index (χ0n) is 19.8. The summed E-state index contributed by atoms with van der Waals surface area (Å²) in [4.78, 5) is 13.0. The first-order valence-corrected chi connectivity index (χ1v) is 12.5. The van der Waals surface area contributed by atoms with Crippen LogP contribution >= 0.6 is 0 Å². The molecule has 10 nitrogen and oxygen atoms in total. The van der Waals surface area contributed by atoms with Gasteiger partial charge >= 0.3 is 0 Å². The smallest absolute Gasteiger partial charge is 0.244 e. The number of anilines is 3. The second kappa shape index (κ2) is 11.6.